The van der Waals surface area contributed by atoms with Crippen LogP contribution in [0.4, 0.5) is 5.82 Å². The average molecular weight is 151 g/mol. The number of rotatable bonds is 1. The topological polar surface area (TPSA) is 29.0 Å². The third-order valence-electron chi connectivity index (χ3n) is 1.41. The third kappa shape index (κ3) is 1.90. The summed E-state index contributed by atoms with van der Waals surface area (Å²) < 4.78 is 0. The van der Waals surface area contributed by atoms with E-state index in [9.17, 15) is 0 Å². The first-order valence-electron chi connectivity index (χ1n) is 3.59. The molecule has 11 heavy (non-hydrogen) atoms. The highest BCUT2D eigenvalue weighted by molar-refractivity contribution is 5.37. The van der Waals surface area contributed by atoms with Gasteiger partial charge in [-0.05, 0) is 13.8 Å². The summed E-state index contributed by atoms with van der Waals surface area (Å²) in [5.41, 5.74) is 1.02. The predicted octanol–water partition coefficient (Wildman–Crippen LogP) is 1.16. The van der Waals surface area contributed by atoms with Crippen molar-refractivity contribution in [2.75, 3.05) is 19.0 Å². The van der Waals surface area contributed by atoms with Gasteiger partial charge >= 0.3 is 0 Å². The van der Waals surface area contributed by atoms with E-state index in [2.05, 4.69) is 9.97 Å². The first-order chi connectivity index (χ1) is 5.09. The molecule has 3 nitrogen and oxygen atoms in total. The van der Waals surface area contributed by atoms with E-state index in [4.69, 9.17) is 0 Å². The maximum atomic E-state index is 4.25. The molecule has 0 bridgehead atoms. The molecule has 60 valence electrons. The summed E-state index contributed by atoms with van der Waals surface area (Å²) in [6.07, 6.45) is 0. The van der Waals surface area contributed by atoms with Crippen LogP contribution in [0.15, 0.2) is 6.07 Å². The number of hydrogen-bond acceptors (Lipinski definition) is 3. The van der Waals surface area contributed by atoms with Gasteiger partial charge in [0.05, 0.1) is 0 Å². The molecular weight excluding hydrogens is 138 g/mol. The molecule has 1 heterocycles. The summed E-state index contributed by atoms with van der Waals surface area (Å²) in [5.74, 6) is 1.80. The van der Waals surface area contributed by atoms with Gasteiger partial charge in [0.15, 0.2) is 0 Å². The summed E-state index contributed by atoms with van der Waals surface area (Å²) in [5, 5.41) is 0. The van der Waals surface area contributed by atoms with Crippen molar-refractivity contribution in [1.82, 2.24) is 9.97 Å². The number of nitrogens with zero attached hydrogens (tertiary/aromatic N) is 3. The second-order valence-electron chi connectivity index (χ2n) is 2.81. The molecule has 1 aromatic heterocycles. The van der Waals surface area contributed by atoms with Crippen molar-refractivity contribution in [3.63, 3.8) is 0 Å². The molecule has 0 atom stereocenters. The molecule has 0 aliphatic rings. The van der Waals surface area contributed by atoms with Gasteiger partial charge in [-0.25, -0.2) is 9.97 Å². The smallest absolute Gasteiger partial charge is 0.131 e. The van der Waals surface area contributed by atoms with Crippen LogP contribution in [0.1, 0.15) is 11.5 Å². The van der Waals surface area contributed by atoms with Crippen LogP contribution in [0.25, 0.3) is 0 Å². The number of aryl methyl sites for hydroxylation is 2. The Morgan fingerprint density at radius 3 is 2.27 bits per heavy atom. The fourth-order valence-corrected chi connectivity index (χ4v) is 0.926. The van der Waals surface area contributed by atoms with Crippen LogP contribution in [0.2, 0.25) is 0 Å². The van der Waals surface area contributed by atoms with Gasteiger partial charge in [-0.15, -0.1) is 0 Å². The molecule has 0 unspecified atom stereocenters. The van der Waals surface area contributed by atoms with E-state index in [1.54, 1.807) is 0 Å². The van der Waals surface area contributed by atoms with Crippen molar-refractivity contribution >= 4 is 5.82 Å². The number of hydrogen-bond donors (Lipinski definition) is 0. The van der Waals surface area contributed by atoms with E-state index in [1.807, 2.05) is 38.9 Å². The molecule has 0 N–H and O–H groups in total. The van der Waals surface area contributed by atoms with Gasteiger partial charge in [-0.3, -0.25) is 0 Å². The molecular formula is C8H13N3. The van der Waals surface area contributed by atoms with Crippen LogP contribution in [-0.2, 0) is 0 Å². The first-order valence-corrected chi connectivity index (χ1v) is 3.59. The predicted molar refractivity (Wildman–Crippen MR) is 45.8 cm³/mol. The lowest BCUT2D eigenvalue weighted by Gasteiger charge is -2.11. The van der Waals surface area contributed by atoms with Gasteiger partial charge in [0.1, 0.15) is 11.6 Å². The zero-order valence-electron chi connectivity index (χ0n) is 7.42. The quantitative estimate of drug-likeness (QED) is 0.603. The zero-order valence-corrected chi connectivity index (χ0v) is 7.42. The van der Waals surface area contributed by atoms with Gasteiger partial charge in [0, 0.05) is 25.9 Å². The van der Waals surface area contributed by atoms with Crippen LogP contribution in [0.5, 0.6) is 0 Å². The second-order valence-corrected chi connectivity index (χ2v) is 2.81. The molecule has 0 saturated heterocycles. The fraction of sp³-hybridized carbons (Fsp3) is 0.500. The van der Waals surface area contributed by atoms with Crippen molar-refractivity contribution in [2.45, 2.75) is 13.8 Å². The Balaban J connectivity index is 3.08. The Kier molecular flexibility index (Phi) is 2.08. The fourth-order valence-electron chi connectivity index (χ4n) is 0.926. The molecule has 0 aromatic carbocycles. The van der Waals surface area contributed by atoms with Gasteiger partial charge < -0.3 is 4.90 Å². The molecule has 1 aromatic rings. The summed E-state index contributed by atoms with van der Waals surface area (Å²) in [7, 11) is 3.95. The van der Waals surface area contributed by atoms with Gasteiger partial charge in [0.2, 0.25) is 0 Å². The minimum Gasteiger partial charge on any atom is -0.363 e. The number of anilines is 1. The number of aromatic nitrogens is 2. The molecule has 0 amide bonds. The maximum absolute atomic E-state index is 4.25. The monoisotopic (exact) mass is 151 g/mol. The summed E-state index contributed by atoms with van der Waals surface area (Å²) in [4.78, 5) is 10.4. The summed E-state index contributed by atoms with van der Waals surface area (Å²) in [6.45, 7) is 3.88. The molecule has 1 rings (SSSR count). The van der Waals surface area contributed by atoms with Gasteiger partial charge in [0.25, 0.3) is 0 Å². The van der Waals surface area contributed by atoms with Crippen molar-refractivity contribution < 1.29 is 0 Å². The average Bonchev–Trinajstić information content (AvgIpc) is 1.85. The highest BCUT2D eigenvalue weighted by Gasteiger charge is 1.98. The molecule has 0 saturated carbocycles. The lowest BCUT2D eigenvalue weighted by atomic mass is 10.4. The summed E-state index contributed by atoms with van der Waals surface area (Å²) in [6, 6.07) is 1.97. The Labute approximate surface area is 67.1 Å². The van der Waals surface area contributed by atoms with Crippen molar-refractivity contribution in [1.29, 1.82) is 0 Å². The molecule has 0 fully saturated rings. The maximum Gasteiger partial charge on any atom is 0.131 e. The lowest BCUT2D eigenvalue weighted by molar-refractivity contribution is 0.964. The Morgan fingerprint density at radius 2 is 1.82 bits per heavy atom. The molecule has 0 radical (unpaired) electrons. The van der Waals surface area contributed by atoms with E-state index >= 15 is 0 Å². The second kappa shape index (κ2) is 2.86. The standard InChI is InChI=1S/C8H13N3/c1-6-5-8(11(3)4)10-7(2)9-6/h5H,1-4H3. The minimum atomic E-state index is 0.828. The SMILES string of the molecule is Cc1cc(N(C)C)nc(C)n1. The van der Waals surface area contributed by atoms with Gasteiger partial charge in [-0.1, -0.05) is 0 Å². The Morgan fingerprint density at radius 1 is 1.18 bits per heavy atom. The van der Waals surface area contributed by atoms with Crippen molar-refractivity contribution in [3.05, 3.63) is 17.6 Å². The van der Waals surface area contributed by atoms with Gasteiger partial charge in [-0.2, -0.15) is 0 Å². The van der Waals surface area contributed by atoms with Crippen LogP contribution < -0.4 is 4.90 Å². The Hall–Kier alpha value is -1.12. The van der Waals surface area contributed by atoms with Crippen molar-refractivity contribution in [2.24, 2.45) is 0 Å². The molecule has 0 aliphatic carbocycles. The lowest BCUT2D eigenvalue weighted by Crippen LogP contribution is -2.11. The van der Waals surface area contributed by atoms with Crippen LogP contribution in [0, 0.1) is 13.8 Å². The van der Waals surface area contributed by atoms with Crippen LogP contribution >= 0.6 is 0 Å². The van der Waals surface area contributed by atoms with E-state index < -0.39 is 0 Å². The molecule has 0 aliphatic heterocycles. The van der Waals surface area contributed by atoms with Crippen LogP contribution in [0.3, 0.4) is 0 Å². The highest BCUT2D eigenvalue weighted by atomic mass is 15.1. The summed E-state index contributed by atoms with van der Waals surface area (Å²) >= 11 is 0. The normalized spacial score (nSPS) is 9.82. The van der Waals surface area contributed by atoms with Crippen LogP contribution in [-0.4, -0.2) is 24.1 Å². The third-order valence-corrected chi connectivity index (χ3v) is 1.41. The minimum absolute atomic E-state index is 0.828. The van der Waals surface area contributed by atoms with E-state index in [-0.39, 0.29) is 0 Å². The zero-order chi connectivity index (χ0) is 8.43. The highest BCUT2D eigenvalue weighted by Crippen LogP contribution is 2.07. The largest absolute Gasteiger partial charge is 0.363 e. The first kappa shape index (κ1) is 7.98. The molecule has 3 heteroatoms. The van der Waals surface area contributed by atoms with Crippen molar-refractivity contribution in [3.8, 4) is 0 Å². The van der Waals surface area contributed by atoms with E-state index in [1.165, 1.54) is 0 Å². The van der Waals surface area contributed by atoms with E-state index in [0.29, 0.717) is 0 Å². The Bertz CT molecular complexity index is 235. The van der Waals surface area contributed by atoms with E-state index in [0.717, 1.165) is 17.3 Å². The molecule has 0 spiro atoms.